The van der Waals surface area contributed by atoms with Crippen molar-refractivity contribution in [2.45, 2.75) is 26.1 Å². The van der Waals surface area contributed by atoms with E-state index in [0.29, 0.717) is 29.4 Å². The van der Waals surface area contributed by atoms with Crippen LogP contribution in [0.2, 0.25) is 0 Å². The minimum atomic E-state index is -0.236. The molecule has 0 spiro atoms. The van der Waals surface area contributed by atoms with Crippen LogP contribution in [0.3, 0.4) is 0 Å². The summed E-state index contributed by atoms with van der Waals surface area (Å²) in [7, 11) is 0. The summed E-state index contributed by atoms with van der Waals surface area (Å²) in [6.07, 6.45) is 3.98. The molecule has 2 aromatic heterocycles. The average molecular weight is 485 g/mol. The molecule has 4 aromatic rings. The first-order valence-electron chi connectivity index (χ1n) is 11.6. The van der Waals surface area contributed by atoms with Crippen LogP contribution in [0.15, 0.2) is 81.2 Å². The second kappa shape index (κ2) is 8.87. The van der Waals surface area contributed by atoms with Gasteiger partial charge >= 0.3 is 0 Å². The number of furan rings is 1. The Bertz CT molecular complexity index is 1430. The smallest absolute Gasteiger partial charge is 0.286 e. The number of benzene rings is 2. The Hall–Kier alpha value is -3.62. The number of thioether (sulfide) groups is 1. The molecule has 8 heteroatoms. The van der Waals surface area contributed by atoms with Crippen LogP contribution in [-0.4, -0.2) is 51.1 Å². The van der Waals surface area contributed by atoms with Crippen molar-refractivity contribution in [2.75, 3.05) is 13.1 Å². The Kier molecular flexibility index (Phi) is 5.54. The predicted octanol–water partition coefficient (Wildman–Crippen LogP) is 5.37. The number of nitrogens with zero attached hydrogens (tertiary/aromatic N) is 4. The van der Waals surface area contributed by atoms with Gasteiger partial charge in [0.05, 0.1) is 22.8 Å². The van der Waals surface area contributed by atoms with Crippen LogP contribution in [0.5, 0.6) is 0 Å². The Balaban J connectivity index is 1.38. The summed E-state index contributed by atoms with van der Waals surface area (Å²) in [6.45, 7) is 5.51. The Morgan fingerprint density at radius 2 is 1.77 bits per heavy atom. The highest BCUT2D eigenvalue weighted by atomic mass is 32.2. The number of carbonyl (C=O) groups is 1. The lowest BCUT2D eigenvalue weighted by Crippen LogP contribution is -2.47. The van der Waals surface area contributed by atoms with E-state index in [-0.39, 0.29) is 18.1 Å². The highest BCUT2D eigenvalue weighted by Crippen LogP contribution is 2.35. The Morgan fingerprint density at radius 3 is 2.54 bits per heavy atom. The maximum atomic E-state index is 12.9. The van der Waals surface area contributed by atoms with Gasteiger partial charge in [-0.05, 0) is 56.0 Å². The molecule has 2 aliphatic rings. The van der Waals surface area contributed by atoms with Crippen molar-refractivity contribution >= 4 is 39.9 Å². The third-order valence-electron chi connectivity index (χ3n) is 6.01. The fourth-order valence-corrected chi connectivity index (χ4v) is 5.43. The van der Waals surface area contributed by atoms with Crippen molar-refractivity contribution in [3.05, 3.63) is 77.3 Å². The summed E-state index contributed by atoms with van der Waals surface area (Å²) in [6, 6.07) is 19.7. The van der Waals surface area contributed by atoms with Gasteiger partial charge in [-0.15, -0.1) is 0 Å². The van der Waals surface area contributed by atoms with E-state index in [1.54, 1.807) is 0 Å². The molecule has 176 valence electrons. The molecule has 0 saturated carbocycles. The van der Waals surface area contributed by atoms with E-state index in [0.717, 1.165) is 27.4 Å². The molecule has 4 heterocycles. The first kappa shape index (κ1) is 21.9. The molecule has 35 heavy (non-hydrogen) atoms. The highest BCUT2D eigenvalue weighted by Gasteiger charge is 2.31. The van der Waals surface area contributed by atoms with Crippen LogP contribution in [0.4, 0.5) is 0 Å². The second-order valence-electron chi connectivity index (χ2n) is 8.83. The fraction of sp³-hybridized carbons (Fsp3) is 0.222. The number of rotatable bonds is 3. The zero-order valence-electron chi connectivity index (χ0n) is 19.4. The van der Waals surface area contributed by atoms with Gasteiger partial charge in [0, 0.05) is 30.2 Å². The molecule has 6 rings (SSSR count). The number of ether oxygens (including phenoxy) is 1. The Morgan fingerprint density at radius 1 is 1.03 bits per heavy atom. The first-order valence-corrected chi connectivity index (χ1v) is 12.4. The quantitative estimate of drug-likeness (QED) is 0.364. The molecule has 0 unspecified atom stereocenters. The molecule has 0 bridgehead atoms. The minimum Gasteiger partial charge on any atom is -0.454 e. The molecule has 2 atom stereocenters. The van der Waals surface area contributed by atoms with Crippen molar-refractivity contribution in [2.24, 2.45) is 4.99 Å². The summed E-state index contributed by atoms with van der Waals surface area (Å²) < 4.78 is 13.8. The van der Waals surface area contributed by atoms with Gasteiger partial charge < -0.3 is 14.1 Å². The number of hydrogen-bond acceptors (Lipinski definition) is 6. The third kappa shape index (κ3) is 4.31. The number of amides is 1. The van der Waals surface area contributed by atoms with Gasteiger partial charge in [0.15, 0.2) is 10.9 Å². The van der Waals surface area contributed by atoms with Crippen LogP contribution >= 0.6 is 11.8 Å². The number of morpholine rings is 1. The van der Waals surface area contributed by atoms with E-state index in [4.69, 9.17) is 14.3 Å². The lowest BCUT2D eigenvalue weighted by molar-refractivity contribution is -0.113. The zero-order valence-corrected chi connectivity index (χ0v) is 20.2. The van der Waals surface area contributed by atoms with Gasteiger partial charge in [0.25, 0.3) is 5.91 Å². The van der Waals surface area contributed by atoms with Gasteiger partial charge in [-0.3, -0.25) is 4.79 Å². The lowest BCUT2D eigenvalue weighted by Gasteiger charge is -2.35. The topological polar surface area (TPSA) is 72.9 Å². The van der Waals surface area contributed by atoms with Gasteiger partial charge in [-0.1, -0.05) is 36.4 Å². The maximum Gasteiger partial charge on any atom is 0.286 e. The van der Waals surface area contributed by atoms with Gasteiger partial charge in [0.1, 0.15) is 11.3 Å². The molecule has 0 N–H and O–H groups in total. The molecular weight excluding hydrogens is 460 g/mol. The van der Waals surface area contributed by atoms with Crippen LogP contribution in [-0.2, 0) is 9.53 Å². The van der Waals surface area contributed by atoms with E-state index in [9.17, 15) is 4.79 Å². The summed E-state index contributed by atoms with van der Waals surface area (Å²) in [5.41, 5.74) is 3.19. The van der Waals surface area contributed by atoms with E-state index in [1.165, 1.54) is 11.8 Å². The van der Waals surface area contributed by atoms with Gasteiger partial charge in [-0.2, -0.15) is 10.1 Å². The number of hydrogen-bond donors (Lipinski definition) is 0. The second-order valence-corrected chi connectivity index (χ2v) is 9.84. The van der Waals surface area contributed by atoms with Crippen molar-refractivity contribution in [3.8, 4) is 17.1 Å². The number of aliphatic imine (C=N–C) groups is 1. The van der Waals surface area contributed by atoms with Crippen molar-refractivity contribution < 1.29 is 13.9 Å². The fourth-order valence-electron chi connectivity index (χ4n) is 4.50. The molecule has 1 fully saturated rings. The van der Waals surface area contributed by atoms with Crippen LogP contribution in [0.1, 0.15) is 19.4 Å². The summed E-state index contributed by atoms with van der Waals surface area (Å²) in [5.74, 6) is 0.417. The normalized spacial score (nSPS) is 21.8. The molecule has 0 aliphatic carbocycles. The van der Waals surface area contributed by atoms with Crippen LogP contribution in [0.25, 0.3) is 34.2 Å². The molecule has 1 amide bonds. The standard InChI is InChI=1S/C27H24N4O3S/c1-17-14-30(15-18(2)33-17)27-28-26(32)24(35-27)13-20-16-31(21-9-4-3-5-10-21)29-25(20)23-12-19-8-6-7-11-22(19)34-23/h3-13,16-18H,14-15H2,1-2H3/b24-13-/t17-,18+. The molecule has 2 aliphatic heterocycles. The summed E-state index contributed by atoms with van der Waals surface area (Å²) >= 11 is 1.40. The molecule has 7 nitrogen and oxygen atoms in total. The minimum absolute atomic E-state index is 0.0916. The average Bonchev–Trinajstić information content (AvgIpc) is 3.56. The van der Waals surface area contributed by atoms with Crippen LogP contribution < -0.4 is 0 Å². The third-order valence-corrected chi connectivity index (χ3v) is 7.05. The zero-order chi connectivity index (χ0) is 23.9. The lowest BCUT2D eigenvalue weighted by atomic mass is 10.2. The Labute approximate surface area is 207 Å². The summed E-state index contributed by atoms with van der Waals surface area (Å²) in [5, 5.41) is 6.56. The largest absolute Gasteiger partial charge is 0.454 e. The van der Waals surface area contributed by atoms with E-state index in [1.807, 2.05) is 91.5 Å². The number of aromatic nitrogens is 2. The highest BCUT2D eigenvalue weighted by molar-refractivity contribution is 8.18. The first-order chi connectivity index (χ1) is 17.0. The van der Waals surface area contributed by atoms with Gasteiger partial charge in [0.2, 0.25) is 0 Å². The van der Waals surface area contributed by atoms with Crippen molar-refractivity contribution in [3.63, 3.8) is 0 Å². The van der Waals surface area contributed by atoms with E-state index < -0.39 is 0 Å². The molecular formula is C27H24N4O3S. The molecule has 2 aromatic carbocycles. The molecule has 1 saturated heterocycles. The van der Waals surface area contributed by atoms with Crippen molar-refractivity contribution in [1.82, 2.24) is 14.7 Å². The number of amidine groups is 1. The van der Waals surface area contributed by atoms with Gasteiger partial charge in [-0.25, -0.2) is 4.68 Å². The maximum absolute atomic E-state index is 12.9. The monoisotopic (exact) mass is 484 g/mol. The summed E-state index contributed by atoms with van der Waals surface area (Å²) in [4.78, 5) is 19.9. The van der Waals surface area contributed by atoms with E-state index in [2.05, 4.69) is 9.89 Å². The number of carbonyl (C=O) groups excluding carboxylic acids is 1. The number of fused-ring (bicyclic) bond motifs is 1. The van der Waals surface area contributed by atoms with E-state index >= 15 is 0 Å². The van der Waals surface area contributed by atoms with Crippen molar-refractivity contribution in [1.29, 1.82) is 0 Å². The van der Waals surface area contributed by atoms with Crippen LogP contribution in [0, 0.1) is 0 Å². The molecule has 0 radical (unpaired) electrons. The number of para-hydroxylation sites is 2. The predicted molar refractivity (Wildman–Crippen MR) is 138 cm³/mol. The SMILES string of the molecule is C[C@@H]1CN(C2=NC(=O)/C(=C/c3cn(-c4ccccc4)nc3-c3cc4ccccc4o3)S2)C[C@H](C)O1.